The Balaban J connectivity index is 2.29. The van der Waals surface area contributed by atoms with Gasteiger partial charge >= 0.3 is 5.97 Å². The van der Waals surface area contributed by atoms with Crippen LogP contribution in [0.3, 0.4) is 0 Å². The van der Waals surface area contributed by atoms with E-state index in [0.717, 1.165) is 21.5 Å². The van der Waals surface area contributed by atoms with Gasteiger partial charge in [0.25, 0.3) is 5.91 Å². The van der Waals surface area contributed by atoms with Crippen LogP contribution >= 0.6 is 15.9 Å². The average molecular weight is 428 g/mol. The third-order valence-corrected chi connectivity index (χ3v) is 5.35. The molecular formula is C17H18BrNO5S. The molecule has 0 saturated heterocycles. The first kappa shape index (κ1) is 19.4. The number of hydrogen-bond acceptors (Lipinski definition) is 5. The number of ether oxygens (including phenoxy) is 1. The molecule has 0 bridgehead atoms. The summed E-state index contributed by atoms with van der Waals surface area (Å²) in [5.74, 6) is -1.38. The summed E-state index contributed by atoms with van der Waals surface area (Å²) in [4.78, 5) is 24.5. The number of hydrogen-bond donors (Lipinski definition) is 1. The van der Waals surface area contributed by atoms with Crippen molar-refractivity contribution in [3.05, 3.63) is 46.4 Å². The van der Waals surface area contributed by atoms with Crippen molar-refractivity contribution in [3.63, 3.8) is 0 Å². The van der Waals surface area contributed by atoms with E-state index < -0.39 is 27.8 Å². The molecule has 0 aromatic heterocycles. The fraction of sp³-hybridized carbons (Fsp3) is 0.294. The molecule has 2 rings (SSSR count). The molecule has 0 aliphatic rings. The number of carbonyl (C=O) groups excluding carboxylic acids is 2. The molecule has 2 aromatic rings. The van der Waals surface area contributed by atoms with Gasteiger partial charge in [0.1, 0.15) is 15.9 Å². The molecule has 1 amide bonds. The minimum atomic E-state index is -3.27. The number of rotatable bonds is 6. The summed E-state index contributed by atoms with van der Waals surface area (Å²) in [6, 6.07) is 9.71. The lowest BCUT2D eigenvalue weighted by atomic mass is 10.0. The molecule has 0 aliphatic carbocycles. The van der Waals surface area contributed by atoms with E-state index in [4.69, 9.17) is 0 Å². The van der Waals surface area contributed by atoms with E-state index >= 15 is 0 Å². The fourth-order valence-corrected chi connectivity index (χ4v) is 3.56. The van der Waals surface area contributed by atoms with Gasteiger partial charge in [0.2, 0.25) is 0 Å². The van der Waals surface area contributed by atoms with Gasteiger partial charge in [-0.25, -0.2) is 13.2 Å². The highest BCUT2D eigenvalue weighted by atomic mass is 79.9. The highest BCUT2D eigenvalue weighted by Crippen LogP contribution is 2.26. The summed E-state index contributed by atoms with van der Waals surface area (Å²) in [5.41, 5.74) is 0.395. The monoisotopic (exact) mass is 427 g/mol. The first-order valence-corrected chi connectivity index (χ1v) is 10.3. The largest absolute Gasteiger partial charge is 0.467 e. The van der Waals surface area contributed by atoms with Crippen LogP contribution in [0.5, 0.6) is 0 Å². The van der Waals surface area contributed by atoms with Crippen LogP contribution in [0.2, 0.25) is 0 Å². The molecule has 25 heavy (non-hydrogen) atoms. The van der Waals surface area contributed by atoms with Gasteiger partial charge in [0.15, 0.2) is 0 Å². The lowest BCUT2D eigenvalue weighted by Crippen LogP contribution is -2.42. The van der Waals surface area contributed by atoms with E-state index in [1.807, 2.05) is 18.2 Å². The molecule has 0 fully saturated rings. The second kappa shape index (κ2) is 7.97. The number of benzene rings is 2. The second-order valence-corrected chi connectivity index (χ2v) is 8.72. The van der Waals surface area contributed by atoms with Crippen molar-refractivity contribution in [1.82, 2.24) is 5.32 Å². The zero-order chi connectivity index (χ0) is 18.6. The maximum Gasteiger partial charge on any atom is 0.328 e. The second-order valence-electron chi connectivity index (χ2n) is 5.61. The number of fused-ring (bicyclic) bond motifs is 1. The van der Waals surface area contributed by atoms with Crippen LogP contribution in [-0.4, -0.2) is 45.5 Å². The van der Waals surface area contributed by atoms with E-state index in [9.17, 15) is 18.0 Å². The first-order valence-electron chi connectivity index (χ1n) is 7.46. The zero-order valence-corrected chi connectivity index (χ0v) is 16.2. The number of amides is 1. The van der Waals surface area contributed by atoms with E-state index in [2.05, 4.69) is 26.0 Å². The molecule has 0 saturated carbocycles. The van der Waals surface area contributed by atoms with Crippen LogP contribution in [-0.2, 0) is 19.4 Å². The van der Waals surface area contributed by atoms with Gasteiger partial charge in [0, 0.05) is 16.3 Å². The fourth-order valence-electron chi connectivity index (χ4n) is 2.42. The van der Waals surface area contributed by atoms with Gasteiger partial charge in [-0.1, -0.05) is 40.2 Å². The normalized spacial score (nSPS) is 12.6. The van der Waals surface area contributed by atoms with Gasteiger partial charge in [-0.2, -0.15) is 0 Å². The number of esters is 1. The van der Waals surface area contributed by atoms with Crippen LogP contribution in [0.1, 0.15) is 16.8 Å². The van der Waals surface area contributed by atoms with Gasteiger partial charge in [-0.3, -0.25) is 4.79 Å². The Morgan fingerprint density at radius 2 is 1.80 bits per heavy atom. The predicted octanol–water partition coefficient (Wildman–Crippen LogP) is 2.31. The van der Waals surface area contributed by atoms with Crippen molar-refractivity contribution in [2.75, 3.05) is 19.1 Å². The van der Waals surface area contributed by atoms with Gasteiger partial charge in [-0.15, -0.1) is 0 Å². The lowest BCUT2D eigenvalue weighted by molar-refractivity contribution is -0.142. The Morgan fingerprint density at radius 3 is 2.40 bits per heavy atom. The smallest absolute Gasteiger partial charge is 0.328 e. The summed E-state index contributed by atoms with van der Waals surface area (Å²) in [7, 11) is -2.08. The summed E-state index contributed by atoms with van der Waals surface area (Å²) < 4.78 is 28.2. The number of nitrogens with one attached hydrogen (secondary N) is 1. The molecule has 2 aromatic carbocycles. The zero-order valence-electron chi connectivity index (χ0n) is 13.8. The first-order chi connectivity index (χ1) is 11.7. The highest BCUT2D eigenvalue weighted by molar-refractivity contribution is 9.10. The molecule has 1 unspecified atom stereocenters. The van der Waals surface area contributed by atoms with Crippen molar-refractivity contribution in [1.29, 1.82) is 0 Å². The van der Waals surface area contributed by atoms with Crippen molar-refractivity contribution >= 4 is 48.4 Å². The molecule has 1 N–H and O–H groups in total. The Bertz CT molecular complexity index is 910. The maximum atomic E-state index is 12.6. The minimum Gasteiger partial charge on any atom is -0.467 e. The van der Waals surface area contributed by atoms with Gasteiger partial charge in [-0.05, 0) is 29.3 Å². The molecule has 6 nitrogen and oxygen atoms in total. The van der Waals surface area contributed by atoms with Crippen LogP contribution in [0, 0.1) is 0 Å². The molecule has 134 valence electrons. The molecule has 0 spiro atoms. The van der Waals surface area contributed by atoms with Crippen LogP contribution in [0.15, 0.2) is 40.9 Å². The molecule has 1 atom stereocenters. The molecule has 8 heteroatoms. The van der Waals surface area contributed by atoms with Crippen LogP contribution in [0.25, 0.3) is 10.8 Å². The van der Waals surface area contributed by atoms with Crippen LogP contribution in [0.4, 0.5) is 0 Å². The quantitative estimate of drug-likeness (QED) is 0.714. The van der Waals surface area contributed by atoms with Crippen LogP contribution < -0.4 is 5.32 Å². The number of methoxy groups -OCH3 is 1. The summed E-state index contributed by atoms with van der Waals surface area (Å²) >= 11 is 3.44. The molecular weight excluding hydrogens is 410 g/mol. The van der Waals surface area contributed by atoms with E-state index in [-0.39, 0.29) is 12.2 Å². The summed E-state index contributed by atoms with van der Waals surface area (Å²) in [5, 5.41) is 4.16. The third kappa shape index (κ3) is 5.02. The van der Waals surface area contributed by atoms with E-state index in [1.54, 1.807) is 18.2 Å². The van der Waals surface area contributed by atoms with Gasteiger partial charge in [0.05, 0.1) is 12.9 Å². The van der Waals surface area contributed by atoms with Crippen molar-refractivity contribution < 1.29 is 22.7 Å². The van der Waals surface area contributed by atoms with Crippen molar-refractivity contribution in [3.8, 4) is 0 Å². The number of halogens is 1. The van der Waals surface area contributed by atoms with Crippen molar-refractivity contribution in [2.24, 2.45) is 0 Å². The Labute approximate surface area is 154 Å². The SMILES string of the molecule is COC(=O)C(CCS(C)(=O)=O)NC(=O)c1ccc(Br)c2ccccc12. The topological polar surface area (TPSA) is 89.5 Å². The molecule has 0 heterocycles. The summed E-state index contributed by atoms with van der Waals surface area (Å²) in [6.07, 6.45) is 1.02. The Hall–Kier alpha value is -1.93. The highest BCUT2D eigenvalue weighted by Gasteiger charge is 2.24. The predicted molar refractivity (Wildman–Crippen MR) is 99.2 cm³/mol. The Kier molecular flexibility index (Phi) is 6.18. The minimum absolute atomic E-state index is 0.0499. The molecule has 0 aliphatic heterocycles. The average Bonchev–Trinajstić information content (AvgIpc) is 2.57. The number of sulfone groups is 1. The molecule has 0 radical (unpaired) electrons. The standard InChI is InChI=1S/C17H18BrNO5S/c1-24-17(21)15(9-10-25(2,22)23)19-16(20)13-7-8-14(18)12-6-4-3-5-11(12)13/h3-8,15H,9-10H2,1-2H3,(H,19,20). The number of carbonyl (C=O) groups is 2. The lowest BCUT2D eigenvalue weighted by Gasteiger charge is -2.17. The van der Waals surface area contributed by atoms with Crippen molar-refractivity contribution in [2.45, 2.75) is 12.5 Å². The van der Waals surface area contributed by atoms with Gasteiger partial charge < -0.3 is 10.1 Å². The summed E-state index contributed by atoms with van der Waals surface area (Å²) in [6.45, 7) is 0. The third-order valence-electron chi connectivity index (χ3n) is 3.68. The Morgan fingerprint density at radius 1 is 1.16 bits per heavy atom. The van der Waals surface area contributed by atoms with E-state index in [1.165, 1.54) is 7.11 Å². The maximum absolute atomic E-state index is 12.6. The van der Waals surface area contributed by atoms with E-state index in [0.29, 0.717) is 5.56 Å².